The summed E-state index contributed by atoms with van der Waals surface area (Å²) in [6, 6.07) is -0.439. The zero-order valence-corrected chi connectivity index (χ0v) is 34.3. The van der Waals surface area contributed by atoms with Crippen LogP contribution >= 0.6 is 0 Å². The second kappa shape index (κ2) is 35.1. The number of carbonyl (C=O) groups is 3. The molecule has 1 heterocycles. The smallest absolute Gasteiger partial charge is 0.323 e. The summed E-state index contributed by atoms with van der Waals surface area (Å²) >= 11 is 0. The molecule has 0 bridgehead atoms. The number of carbonyl (C=O) groups excluding carboxylic acids is 3. The van der Waals surface area contributed by atoms with Crippen LogP contribution in [0.2, 0.25) is 0 Å². The molecule has 306 valence electrons. The molecule has 0 radical (unpaired) electrons. The van der Waals surface area contributed by atoms with E-state index in [1.807, 2.05) is 4.90 Å². The van der Waals surface area contributed by atoms with E-state index in [2.05, 4.69) is 20.8 Å². The second-order valence-corrected chi connectivity index (χ2v) is 15.6. The molecule has 0 amide bonds. The minimum absolute atomic E-state index is 0.0191. The topological polar surface area (TPSA) is 102 Å². The molecule has 0 spiro atoms. The molecule has 1 saturated heterocycles. The van der Waals surface area contributed by atoms with Crippen LogP contribution in [-0.2, 0) is 28.6 Å². The predicted octanol–water partition coefficient (Wildman–Crippen LogP) is 11.2. The highest BCUT2D eigenvalue weighted by Crippen LogP contribution is 2.21. The average molecular weight is 738 g/mol. The first-order valence-electron chi connectivity index (χ1n) is 22.3. The molecule has 1 N–H and O–H groups in total. The number of aliphatic hydroxyl groups is 1. The van der Waals surface area contributed by atoms with Crippen molar-refractivity contribution in [2.24, 2.45) is 0 Å². The Morgan fingerprint density at radius 3 is 1.58 bits per heavy atom. The van der Waals surface area contributed by atoms with E-state index in [0.29, 0.717) is 51.8 Å². The monoisotopic (exact) mass is 738 g/mol. The fourth-order valence-electron chi connectivity index (χ4n) is 7.26. The van der Waals surface area contributed by atoms with Gasteiger partial charge in [-0.25, -0.2) is 0 Å². The molecule has 0 saturated carbocycles. The summed E-state index contributed by atoms with van der Waals surface area (Å²) in [7, 11) is 0. The summed E-state index contributed by atoms with van der Waals surface area (Å²) in [5.41, 5.74) is 0. The first-order valence-corrected chi connectivity index (χ1v) is 22.3. The fourth-order valence-corrected chi connectivity index (χ4v) is 7.26. The van der Waals surface area contributed by atoms with Crippen LogP contribution in [0.25, 0.3) is 0 Å². The Bertz CT molecular complexity index is 836. The maximum atomic E-state index is 12.9. The molecule has 0 aromatic heterocycles. The Balaban J connectivity index is 2.21. The third-order valence-corrected chi connectivity index (χ3v) is 10.6. The van der Waals surface area contributed by atoms with E-state index in [0.717, 1.165) is 57.8 Å². The van der Waals surface area contributed by atoms with Gasteiger partial charge in [0.2, 0.25) is 0 Å². The lowest BCUT2D eigenvalue weighted by molar-refractivity contribution is -0.150. The van der Waals surface area contributed by atoms with Crippen molar-refractivity contribution in [3.63, 3.8) is 0 Å². The quantitative estimate of drug-likeness (QED) is 0.0382. The Morgan fingerprint density at radius 2 is 1.00 bits per heavy atom. The molecule has 52 heavy (non-hydrogen) atoms. The number of rotatable bonds is 37. The van der Waals surface area contributed by atoms with Crippen LogP contribution in [0.5, 0.6) is 0 Å². The van der Waals surface area contributed by atoms with Gasteiger partial charge in [0.05, 0.1) is 19.3 Å². The Hall–Kier alpha value is -1.67. The van der Waals surface area contributed by atoms with Crippen LogP contribution in [0.1, 0.15) is 220 Å². The molecular formula is C44H83NO7. The van der Waals surface area contributed by atoms with Crippen LogP contribution in [-0.4, -0.2) is 72.5 Å². The number of β-amino-alcohol motifs (C(OH)–C–C–N with tert-alkyl or cyclic N) is 1. The zero-order valence-electron chi connectivity index (χ0n) is 34.3. The Kier molecular flexibility index (Phi) is 32.6. The van der Waals surface area contributed by atoms with Gasteiger partial charge in [0.25, 0.3) is 0 Å². The van der Waals surface area contributed by atoms with Gasteiger partial charge in [-0.05, 0) is 64.3 Å². The van der Waals surface area contributed by atoms with E-state index in [1.165, 1.54) is 109 Å². The van der Waals surface area contributed by atoms with E-state index >= 15 is 0 Å². The van der Waals surface area contributed by atoms with Gasteiger partial charge in [0.15, 0.2) is 0 Å². The minimum Gasteiger partial charge on any atom is -0.466 e. The zero-order chi connectivity index (χ0) is 37.9. The molecule has 1 fully saturated rings. The predicted molar refractivity (Wildman–Crippen MR) is 213 cm³/mol. The van der Waals surface area contributed by atoms with Crippen LogP contribution < -0.4 is 0 Å². The molecule has 0 aliphatic carbocycles. The lowest BCUT2D eigenvalue weighted by Gasteiger charge is -2.22. The standard InChI is InChI=1S/C44H83NO7/c1-4-7-10-13-16-17-18-21-28-35-50-42(47)32-25-22-27-34-45-38-39(46)37-41(45)44(49)51-36-29-26-33-43(48)52-40(30-23-19-14-11-8-5-2)31-24-20-15-12-9-6-3/h39-41,46H,4-38H2,1-3H3/t39-,41+/m1/s1. The van der Waals surface area contributed by atoms with Crippen LogP contribution in [0, 0.1) is 0 Å². The maximum Gasteiger partial charge on any atom is 0.323 e. The van der Waals surface area contributed by atoms with Gasteiger partial charge in [0, 0.05) is 25.8 Å². The summed E-state index contributed by atoms with van der Waals surface area (Å²) in [6.07, 6.45) is 32.4. The van der Waals surface area contributed by atoms with Gasteiger partial charge < -0.3 is 19.3 Å². The highest BCUT2D eigenvalue weighted by molar-refractivity contribution is 5.76. The van der Waals surface area contributed by atoms with Gasteiger partial charge in [-0.2, -0.15) is 0 Å². The highest BCUT2D eigenvalue weighted by atomic mass is 16.5. The molecule has 2 atom stereocenters. The molecule has 8 nitrogen and oxygen atoms in total. The van der Waals surface area contributed by atoms with E-state index in [4.69, 9.17) is 14.2 Å². The number of likely N-dealkylation sites (tertiary alicyclic amines) is 1. The first-order chi connectivity index (χ1) is 25.4. The average Bonchev–Trinajstić information content (AvgIpc) is 3.51. The highest BCUT2D eigenvalue weighted by Gasteiger charge is 2.36. The SMILES string of the molecule is CCCCCCCCCCCOC(=O)CCCCCN1C[C@H](O)C[C@H]1C(=O)OCCCCC(=O)OC(CCCCCCCC)CCCCCCCC. The van der Waals surface area contributed by atoms with E-state index in [1.54, 1.807) is 0 Å². The summed E-state index contributed by atoms with van der Waals surface area (Å²) in [6.45, 7) is 8.66. The number of hydrogen-bond acceptors (Lipinski definition) is 8. The van der Waals surface area contributed by atoms with E-state index < -0.39 is 12.1 Å². The van der Waals surface area contributed by atoms with Crippen LogP contribution in [0.15, 0.2) is 0 Å². The maximum absolute atomic E-state index is 12.9. The number of nitrogens with zero attached hydrogens (tertiary/aromatic N) is 1. The Labute approximate surface area is 320 Å². The molecule has 1 aliphatic heterocycles. The molecule has 0 aromatic rings. The fraction of sp³-hybridized carbons (Fsp3) is 0.932. The molecular weight excluding hydrogens is 654 g/mol. The lowest BCUT2D eigenvalue weighted by Crippen LogP contribution is -2.38. The molecule has 0 unspecified atom stereocenters. The summed E-state index contributed by atoms with van der Waals surface area (Å²) in [4.78, 5) is 39.7. The summed E-state index contributed by atoms with van der Waals surface area (Å²) in [5.74, 6) is -0.547. The van der Waals surface area contributed by atoms with Gasteiger partial charge in [0.1, 0.15) is 12.1 Å². The third-order valence-electron chi connectivity index (χ3n) is 10.6. The number of ether oxygens (including phenoxy) is 3. The van der Waals surface area contributed by atoms with Crippen molar-refractivity contribution in [2.75, 3.05) is 26.3 Å². The molecule has 1 rings (SSSR count). The number of unbranched alkanes of at least 4 members (excludes halogenated alkanes) is 21. The van der Waals surface area contributed by atoms with Crippen molar-refractivity contribution in [2.45, 2.75) is 238 Å². The van der Waals surface area contributed by atoms with Crippen molar-refractivity contribution in [3.05, 3.63) is 0 Å². The molecule has 0 aromatic carbocycles. The number of esters is 3. The summed E-state index contributed by atoms with van der Waals surface area (Å²) < 4.78 is 17.0. The van der Waals surface area contributed by atoms with Gasteiger partial charge in [-0.1, -0.05) is 143 Å². The summed E-state index contributed by atoms with van der Waals surface area (Å²) in [5, 5.41) is 10.3. The van der Waals surface area contributed by atoms with Crippen LogP contribution in [0.3, 0.4) is 0 Å². The van der Waals surface area contributed by atoms with Crippen molar-refractivity contribution in [1.82, 2.24) is 4.90 Å². The number of aliphatic hydroxyl groups excluding tert-OH is 1. The van der Waals surface area contributed by atoms with E-state index in [9.17, 15) is 19.5 Å². The van der Waals surface area contributed by atoms with E-state index in [-0.39, 0.29) is 30.6 Å². The molecule has 1 aliphatic rings. The second-order valence-electron chi connectivity index (χ2n) is 15.6. The lowest BCUT2D eigenvalue weighted by atomic mass is 10.0. The normalized spacial score (nSPS) is 16.1. The Morgan fingerprint density at radius 1 is 0.558 bits per heavy atom. The third kappa shape index (κ3) is 27.9. The van der Waals surface area contributed by atoms with Crippen molar-refractivity contribution in [3.8, 4) is 0 Å². The minimum atomic E-state index is -0.538. The largest absolute Gasteiger partial charge is 0.466 e. The van der Waals surface area contributed by atoms with Crippen molar-refractivity contribution >= 4 is 17.9 Å². The number of hydrogen-bond donors (Lipinski definition) is 1. The van der Waals surface area contributed by atoms with Gasteiger partial charge in [-0.3, -0.25) is 19.3 Å². The van der Waals surface area contributed by atoms with Gasteiger partial charge >= 0.3 is 17.9 Å². The van der Waals surface area contributed by atoms with Crippen molar-refractivity contribution < 1.29 is 33.7 Å². The first kappa shape index (κ1) is 48.3. The van der Waals surface area contributed by atoms with Crippen LogP contribution in [0.4, 0.5) is 0 Å². The van der Waals surface area contributed by atoms with Gasteiger partial charge in [-0.15, -0.1) is 0 Å². The van der Waals surface area contributed by atoms with Crippen molar-refractivity contribution in [1.29, 1.82) is 0 Å². The molecule has 8 heteroatoms.